The van der Waals surface area contributed by atoms with Gasteiger partial charge in [0.15, 0.2) is 0 Å². The highest BCUT2D eigenvalue weighted by Crippen LogP contribution is 2.29. The molecule has 0 bridgehead atoms. The molecule has 0 saturated heterocycles. The average Bonchev–Trinajstić information content (AvgIpc) is 2.98. The van der Waals surface area contributed by atoms with E-state index in [1.54, 1.807) is 0 Å². The molecule has 1 heterocycles. The zero-order valence-electron chi connectivity index (χ0n) is 11.0. The van der Waals surface area contributed by atoms with Crippen LogP contribution in [0.1, 0.15) is 63.1 Å². The van der Waals surface area contributed by atoms with E-state index < -0.39 is 0 Å². The van der Waals surface area contributed by atoms with Crippen LogP contribution >= 0.6 is 0 Å². The van der Waals surface area contributed by atoms with Crippen LogP contribution in [0.5, 0.6) is 0 Å². The average molecular weight is 246 g/mol. The molecule has 18 heavy (non-hydrogen) atoms. The molecule has 0 radical (unpaired) electrons. The molecule has 2 aliphatic rings. The summed E-state index contributed by atoms with van der Waals surface area (Å²) < 4.78 is 2.16. The molecule has 3 rings (SSSR count). The fraction of sp³-hybridized carbons (Fsp3) is 0.733. The molecule has 1 atom stereocenters. The lowest BCUT2D eigenvalue weighted by atomic mass is 9.85. The second-order valence-corrected chi connectivity index (χ2v) is 5.93. The van der Waals surface area contributed by atoms with Gasteiger partial charge >= 0.3 is 0 Å². The predicted octanol–water partition coefficient (Wildman–Crippen LogP) is 3.30. The van der Waals surface area contributed by atoms with Crippen molar-refractivity contribution in [3.05, 3.63) is 18.0 Å². The minimum atomic E-state index is 0.446. The molecule has 2 aliphatic carbocycles. The number of carbonyl (C=O) groups excluding carboxylic acids is 1. The van der Waals surface area contributed by atoms with E-state index in [2.05, 4.69) is 16.9 Å². The first-order chi connectivity index (χ1) is 8.81. The summed E-state index contributed by atoms with van der Waals surface area (Å²) in [5, 5.41) is 4.72. The summed E-state index contributed by atoms with van der Waals surface area (Å²) in [6.45, 7) is 0. The van der Waals surface area contributed by atoms with Crippen molar-refractivity contribution in [2.24, 2.45) is 5.92 Å². The van der Waals surface area contributed by atoms with Gasteiger partial charge in [-0.2, -0.15) is 5.10 Å². The highest BCUT2D eigenvalue weighted by molar-refractivity contribution is 5.79. The normalized spacial score (nSPS) is 25.8. The Hall–Kier alpha value is -1.12. The Balaban J connectivity index is 1.60. The van der Waals surface area contributed by atoms with Crippen LogP contribution in [-0.4, -0.2) is 15.6 Å². The smallest absolute Gasteiger partial charge is 0.133 e. The van der Waals surface area contributed by atoms with Crippen molar-refractivity contribution in [1.29, 1.82) is 0 Å². The number of rotatable bonds is 3. The molecule has 0 amide bonds. The van der Waals surface area contributed by atoms with Crippen molar-refractivity contribution in [2.75, 3.05) is 0 Å². The van der Waals surface area contributed by atoms with Gasteiger partial charge in [-0.05, 0) is 44.1 Å². The summed E-state index contributed by atoms with van der Waals surface area (Å²) in [6, 6.07) is 2.78. The van der Waals surface area contributed by atoms with Crippen LogP contribution in [0.2, 0.25) is 0 Å². The van der Waals surface area contributed by atoms with Gasteiger partial charge in [-0.25, -0.2) is 0 Å². The van der Waals surface area contributed by atoms with Crippen molar-refractivity contribution in [1.82, 2.24) is 9.78 Å². The first-order valence-corrected chi connectivity index (χ1v) is 7.37. The van der Waals surface area contributed by atoms with Crippen molar-refractivity contribution < 1.29 is 4.79 Å². The summed E-state index contributed by atoms with van der Waals surface area (Å²) in [4.78, 5) is 11.5. The van der Waals surface area contributed by atoms with Crippen LogP contribution in [0, 0.1) is 5.92 Å². The standard InChI is InChI=1S/C15H22N2O/c18-15-7-3-4-12(11-15)10-13-8-9-17(16-13)14-5-1-2-6-14/h8-9,12,14H,1-7,10-11H2. The molecule has 2 saturated carbocycles. The minimum absolute atomic E-state index is 0.446. The van der Waals surface area contributed by atoms with Crippen molar-refractivity contribution in [2.45, 2.75) is 63.8 Å². The molecular weight excluding hydrogens is 224 g/mol. The van der Waals surface area contributed by atoms with Gasteiger partial charge in [0.1, 0.15) is 5.78 Å². The topological polar surface area (TPSA) is 34.9 Å². The lowest BCUT2D eigenvalue weighted by Gasteiger charge is -2.19. The SMILES string of the molecule is O=C1CCCC(Cc2ccn(C3CCCC3)n2)C1. The maximum absolute atomic E-state index is 11.5. The first-order valence-electron chi connectivity index (χ1n) is 7.37. The van der Waals surface area contributed by atoms with Gasteiger partial charge in [0, 0.05) is 19.0 Å². The van der Waals surface area contributed by atoms with Crippen LogP contribution in [0.4, 0.5) is 0 Å². The van der Waals surface area contributed by atoms with E-state index in [9.17, 15) is 4.79 Å². The summed E-state index contributed by atoms with van der Waals surface area (Å²) >= 11 is 0. The van der Waals surface area contributed by atoms with E-state index in [1.807, 2.05) is 0 Å². The Morgan fingerprint density at radius 3 is 2.83 bits per heavy atom. The summed E-state index contributed by atoms with van der Waals surface area (Å²) in [7, 11) is 0. The molecule has 3 nitrogen and oxygen atoms in total. The minimum Gasteiger partial charge on any atom is -0.300 e. The molecule has 0 spiro atoms. The van der Waals surface area contributed by atoms with E-state index in [0.29, 0.717) is 17.7 Å². The van der Waals surface area contributed by atoms with Crippen LogP contribution in [0.25, 0.3) is 0 Å². The van der Waals surface area contributed by atoms with Gasteiger partial charge in [0.2, 0.25) is 0 Å². The zero-order chi connectivity index (χ0) is 12.4. The lowest BCUT2D eigenvalue weighted by molar-refractivity contribution is -0.121. The van der Waals surface area contributed by atoms with Crippen LogP contribution in [-0.2, 0) is 11.2 Å². The second-order valence-electron chi connectivity index (χ2n) is 5.93. The number of carbonyl (C=O) groups is 1. The molecule has 0 aromatic carbocycles. The number of ketones is 1. The number of hydrogen-bond donors (Lipinski definition) is 0. The third kappa shape index (κ3) is 2.65. The van der Waals surface area contributed by atoms with Gasteiger partial charge in [0.25, 0.3) is 0 Å². The number of aromatic nitrogens is 2. The van der Waals surface area contributed by atoms with Gasteiger partial charge < -0.3 is 0 Å². The lowest BCUT2D eigenvalue weighted by Crippen LogP contribution is -2.17. The quantitative estimate of drug-likeness (QED) is 0.820. The van der Waals surface area contributed by atoms with E-state index in [-0.39, 0.29) is 0 Å². The third-order valence-electron chi connectivity index (χ3n) is 4.44. The van der Waals surface area contributed by atoms with Crippen molar-refractivity contribution in [3.8, 4) is 0 Å². The Bertz CT molecular complexity index is 418. The zero-order valence-corrected chi connectivity index (χ0v) is 11.0. The van der Waals surface area contributed by atoms with E-state index in [4.69, 9.17) is 5.10 Å². The molecule has 1 unspecified atom stereocenters. The number of Topliss-reactive ketones (excluding diaryl/α,β-unsaturated/α-hetero) is 1. The van der Waals surface area contributed by atoms with Crippen LogP contribution in [0.3, 0.4) is 0 Å². The van der Waals surface area contributed by atoms with Gasteiger partial charge in [-0.3, -0.25) is 9.48 Å². The van der Waals surface area contributed by atoms with E-state index >= 15 is 0 Å². The van der Waals surface area contributed by atoms with E-state index in [0.717, 1.165) is 25.7 Å². The summed E-state index contributed by atoms with van der Waals surface area (Å²) in [6.07, 6.45) is 12.2. The monoisotopic (exact) mass is 246 g/mol. The molecule has 0 aliphatic heterocycles. The molecule has 3 heteroatoms. The summed E-state index contributed by atoms with van der Waals surface area (Å²) in [5.74, 6) is 0.986. The molecular formula is C15H22N2O. The second kappa shape index (κ2) is 5.25. The van der Waals surface area contributed by atoms with Gasteiger partial charge in [-0.15, -0.1) is 0 Å². The molecule has 1 aromatic rings. The van der Waals surface area contributed by atoms with Gasteiger partial charge in [-0.1, -0.05) is 12.8 Å². The van der Waals surface area contributed by atoms with E-state index in [1.165, 1.54) is 37.8 Å². The molecule has 0 N–H and O–H groups in total. The Labute approximate surface area is 109 Å². The van der Waals surface area contributed by atoms with Crippen molar-refractivity contribution >= 4 is 5.78 Å². The highest BCUT2D eigenvalue weighted by atomic mass is 16.1. The maximum Gasteiger partial charge on any atom is 0.133 e. The van der Waals surface area contributed by atoms with Gasteiger partial charge in [0.05, 0.1) is 11.7 Å². The molecule has 98 valence electrons. The molecule has 1 aromatic heterocycles. The fourth-order valence-electron chi connectivity index (χ4n) is 3.44. The predicted molar refractivity (Wildman–Crippen MR) is 70.4 cm³/mol. The Morgan fingerprint density at radius 1 is 1.22 bits per heavy atom. The molecule has 2 fully saturated rings. The van der Waals surface area contributed by atoms with Crippen LogP contribution < -0.4 is 0 Å². The Kier molecular flexibility index (Phi) is 3.48. The maximum atomic E-state index is 11.5. The Morgan fingerprint density at radius 2 is 2.06 bits per heavy atom. The first kappa shape index (κ1) is 11.9. The van der Waals surface area contributed by atoms with Crippen molar-refractivity contribution in [3.63, 3.8) is 0 Å². The fourth-order valence-corrected chi connectivity index (χ4v) is 3.44. The number of nitrogens with zero attached hydrogens (tertiary/aromatic N) is 2. The number of hydrogen-bond acceptors (Lipinski definition) is 2. The summed E-state index contributed by atoms with van der Waals surface area (Å²) in [5.41, 5.74) is 1.18. The van der Waals surface area contributed by atoms with Crippen LogP contribution in [0.15, 0.2) is 12.3 Å². The highest BCUT2D eigenvalue weighted by Gasteiger charge is 2.22. The third-order valence-corrected chi connectivity index (χ3v) is 4.44. The largest absolute Gasteiger partial charge is 0.300 e.